The number of rotatable bonds is 5. The van der Waals surface area contributed by atoms with Gasteiger partial charge in [0, 0.05) is 24.3 Å². The van der Waals surface area contributed by atoms with Crippen LogP contribution < -0.4 is 4.90 Å². The molecule has 1 aromatic rings. The smallest absolute Gasteiger partial charge is 0.161 e. The van der Waals surface area contributed by atoms with Crippen molar-refractivity contribution in [3.8, 4) is 0 Å². The predicted molar refractivity (Wildman–Crippen MR) is 67.3 cm³/mol. The second-order valence-electron chi connectivity index (χ2n) is 5.29. The summed E-state index contributed by atoms with van der Waals surface area (Å²) >= 11 is 0. The number of ketones is 1. The first-order chi connectivity index (χ1) is 8.24. The third-order valence-electron chi connectivity index (χ3n) is 3.59. The molecule has 0 aliphatic heterocycles. The standard InChI is InChI=1S/C14H18N2O/c1-10(17)12-4-7-14(15-8-12)16(13-5-6-13)9-11-2-3-11/h4,7-8,11,13H,2-3,5-6,9H2,1H3. The molecule has 2 aliphatic carbocycles. The van der Waals surface area contributed by atoms with Gasteiger partial charge in [-0.15, -0.1) is 0 Å². The van der Waals surface area contributed by atoms with Gasteiger partial charge in [-0.25, -0.2) is 4.98 Å². The van der Waals surface area contributed by atoms with Crippen LogP contribution in [0.1, 0.15) is 43.0 Å². The molecule has 1 aromatic heterocycles. The molecule has 0 bridgehead atoms. The minimum Gasteiger partial charge on any atom is -0.353 e. The maximum Gasteiger partial charge on any atom is 0.161 e. The number of carbonyl (C=O) groups excluding carboxylic acids is 1. The van der Waals surface area contributed by atoms with Crippen LogP contribution in [-0.4, -0.2) is 23.4 Å². The molecule has 2 saturated carbocycles. The van der Waals surface area contributed by atoms with E-state index in [1.165, 1.54) is 25.7 Å². The van der Waals surface area contributed by atoms with Gasteiger partial charge in [-0.05, 0) is 50.7 Å². The van der Waals surface area contributed by atoms with Crippen LogP contribution in [0.2, 0.25) is 0 Å². The maximum atomic E-state index is 11.2. The molecule has 2 aliphatic rings. The third-order valence-corrected chi connectivity index (χ3v) is 3.59. The van der Waals surface area contributed by atoms with Crippen LogP contribution in [-0.2, 0) is 0 Å². The zero-order valence-electron chi connectivity index (χ0n) is 10.2. The van der Waals surface area contributed by atoms with E-state index < -0.39 is 0 Å². The van der Waals surface area contributed by atoms with Crippen molar-refractivity contribution >= 4 is 11.6 Å². The quantitative estimate of drug-likeness (QED) is 0.729. The molecule has 0 amide bonds. The molecule has 0 unspecified atom stereocenters. The van der Waals surface area contributed by atoms with Crippen LogP contribution >= 0.6 is 0 Å². The number of aromatic nitrogens is 1. The molecule has 90 valence electrons. The van der Waals surface area contributed by atoms with E-state index in [0.717, 1.165) is 18.3 Å². The Morgan fingerprint density at radius 3 is 2.59 bits per heavy atom. The Bertz CT molecular complexity index is 418. The van der Waals surface area contributed by atoms with E-state index in [9.17, 15) is 4.79 Å². The molecule has 0 aromatic carbocycles. The molecule has 0 radical (unpaired) electrons. The fourth-order valence-corrected chi connectivity index (χ4v) is 2.16. The van der Waals surface area contributed by atoms with Crippen LogP contribution in [0.25, 0.3) is 0 Å². The molecule has 0 saturated heterocycles. The molecule has 0 atom stereocenters. The minimum absolute atomic E-state index is 0.0872. The van der Waals surface area contributed by atoms with Crippen molar-refractivity contribution < 1.29 is 4.79 Å². The van der Waals surface area contributed by atoms with Gasteiger partial charge in [0.2, 0.25) is 0 Å². The molecule has 17 heavy (non-hydrogen) atoms. The summed E-state index contributed by atoms with van der Waals surface area (Å²) < 4.78 is 0. The van der Waals surface area contributed by atoms with Crippen molar-refractivity contribution in [2.24, 2.45) is 5.92 Å². The summed E-state index contributed by atoms with van der Waals surface area (Å²) in [6.07, 6.45) is 7.04. The Morgan fingerprint density at radius 1 is 1.35 bits per heavy atom. The Labute approximate surface area is 102 Å². The normalized spacial score (nSPS) is 19.1. The second kappa shape index (κ2) is 4.13. The summed E-state index contributed by atoms with van der Waals surface area (Å²) in [4.78, 5) is 18.1. The number of carbonyl (C=O) groups is 1. The summed E-state index contributed by atoms with van der Waals surface area (Å²) in [5, 5.41) is 0. The lowest BCUT2D eigenvalue weighted by atomic mass is 10.2. The summed E-state index contributed by atoms with van der Waals surface area (Å²) in [5.74, 6) is 2.01. The Balaban J connectivity index is 1.77. The monoisotopic (exact) mass is 230 g/mol. The van der Waals surface area contributed by atoms with E-state index in [1.54, 1.807) is 13.1 Å². The SMILES string of the molecule is CC(=O)c1ccc(N(CC2CC2)C2CC2)nc1. The predicted octanol–water partition coefficient (Wildman–Crippen LogP) is 2.66. The van der Waals surface area contributed by atoms with E-state index in [4.69, 9.17) is 0 Å². The molecule has 0 N–H and O–H groups in total. The zero-order valence-corrected chi connectivity index (χ0v) is 10.2. The number of pyridine rings is 1. The average molecular weight is 230 g/mol. The zero-order chi connectivity index (χ0) is 11.8. The summed E-state index contributed by atoms with van der Waals surface area (Å²) in [6.45, 7) is 2.73. The Hall–Kier alpha value is -1.38. The fraction of sp³-hybridized carbons (Fsp3) is 0.571. The third kappa shape index (κ3) is 2.48. The Morgan fingerprint density at radius 2 is 2.12 bits per heavy atom. The van der Waals surface area contributed by atoms with Crippen molar-refractivity contribution in [3.63, 3.8) is 0 Å². The van der Waals surface area contributed by atoms with Crippen molar-refractivity contribution in [1.29, 1.82) is 0 Å². The molecule has 3 heteroatoms. The topological polar surface area (TPSA) is 33.2 Å². The maximum absolute atomic E-state index is 11.2. The van der Waals surface area contributed by atoms with E-state index >= 15 is 0 Å². The van der Waals surface area contributed by atoms with Crippen molar-refractivity contribution in [1.82, 2.24) is 4.98 Å². The second-order valence-corrected chi connectivity index (χ2v) is 5.29. The van der Waals surface area contributed by atoms with Crippen LogP contribution in [0.4, 0.5) is 5.82 Å². The van der Waals surface area contributed by atoms with Crippen molar-refractivity contribution in [2.75, 3.05) is 11.4 Å². The van der Waals surface area contributed by atoms with Gasteiger partial charge in [0.25, 0.3) is 0 Å². The van der Waals surface area contributed by atoms with Crippen LogP contribution in [0.3, 0.4) is 0 Å². The highest BCUT2D eigenvalue weighted by Gasteiger charge is 2.34. The lowest BCUT2D eigenvalue weighted by Gasteiger charge is -2.23. The highest BCUT2D eigenvalue weighted by molar-refractivity contribution is 5.93. The number of nitrogens with zero attached hydrogens (tertiary/aromatic N) is 2. The fourth-order valence-electron chi connectivity index (χ4n) is 2.16. The van der Waals surface area contributed by atoms with Gasteiger partial charge in [0.1, 0.15) is 5.82 Å². The molecule has 1 heterocycles. The van der Waals surface area contributed by atoms with Gasteiger partial charge >= 0.3 is 0 Å². The van der Waals surface area contributed by atoms with E-state index in [0.29, 0.717) is 11.6 Å². The molecule has 0 spiro atoms. The number of hydrogen-bond acceptors (Lipinski definition) is 3. The van der Waals surface area contributed by atoms with Gasteiger partial charge < -0.3 is 4.90 Å². The number of hydrogen-bond donors (Lipinski definition) is 0. The number of anilines is 1. The van der Waals surface area contributed by atoms with Crippen molar-refractivity contribution in [2.45, 2.75) is 38.6 Å². The van der Waals surface area contributed by atoms with Gasteiger partial charge in [-0.2, -0.15) is 0 Å². The van der Waals surface area contributed by atoms with Crippen LogP contribution in [0.15, 0.2) is 18.3 Å². The first-order valence-electron chi connectivity index (χ1n) is 6.47. The van der Waals surface area contributed by atoms with Crippen LogP contribution in [0, 0.1) is 5.92 Å². The summed E-state index contributed by atoms with van der Waals surface area (Å²) in [5.41, 5.74) is 0.705. The molecule has 3 nitrogen and oxygen atoms in total. The summed E-state index contributed by atoms with van der Waals surface area (Å²) in [6, 6.07) is 4.59. The number of Topliss-reactive ketones (excluding diaryl/α,β-unsaturated/α-hetero) is 1. The van der Waals surface area contributed by atoms with E-state index in [1.807, 2.05) is 12.1 Å². The van der Waals surface area contributed by atoms with E-state index in [-0.39, 0.29) is 5.78 Å². The molecular formula is C14H18N2O. The molecular weight excluding hydrogens is 212 g/mol. The summed E-state index contributed by atoms with van der Waals surface area (Å²) in [7, 11) is 0. The van der Waals surface area contributed by atoms with Crippen LogP contribution in [0.5, 0.6) is 0 Å². The first-order valence-corrected chi connectivity index (χ1v) is 6.47. The van der Waals surface area contributed by atoms with Gasteiger partial charge in [0.15, 0.2) is 5.78 Å². The van der Waals surface area contributed by atoms with Gasteiger partial charge in [-0.3, -0.25) is 4.79 Å². The van der Waals surface area contributed by atoms with Crippen molar-refractivity contribution in [3.05, 3.63) is 23.9 Å². The first kappa shape index (κ1) is 10.8. The lowest BCUT2D eigenvalue weighted by Crippen LogP contribution is -2.28. The van der Waals surface area contributed by atoms with Gasteiger partial charge in [-0.1, -0.05) is 0 Å². The molecule has 3 rings (SSSR count). The largest absolute Gasteiger partial charge is 0.353 e. The Kier molecular flexibility index (Phi) is 2.61. The minimum atomic E-state index is 0.0872. The average Bonchev–Trinajstić information content (AvgIpc) is 3.18. The molecule has 2 fully saturated rings. The highest BCUT2D eigenvalue weighted by Crippen LogP contribution is 2.36. The highest BCUT2D eigenvalue weighted by atomic mass is 16.1. The lowest BCUT2D eigenvalue weighted by molar-refractivity contribution is 0.101. The van der Waals surface area contributed by atoms with Gasteiger partial charge in [0.05, 0.1) is 0 Å². The van der Waals surface area contributed by atoms with E-state index in [2.05, 4.69) is 9.88 Å².